The monoisotopic (exact) mass is 416 g/mol. The minimum Gasteiger partial charge on any atom is -0.305 e. The zero-order valence-corrected chi connectivity index (χ0v) is 17.6. The fraction of sp³-hybridized carbons (Fsp3) is 0.263. The zero-order valence-electron chi connectivity index (χ0n) is 15.9. The second-order valence-corrected chi connectivity index (χ2v) is 9.56. The van der Waals surface area contributed by atoms with Gasteiger partial charge in [-0.05, 0) is 51.1 Å². The Labute approximate surface area is 168 Å². The fourth-order valence-electron chi connectivity index (χ4n) is 2.71. The number of nitrogens with zero attached hydrogens (tertiary/aromatic N) is 4. The molecule has 3 aromatic rings. The Balaban J connectivity index is 1.98. The summed E-state index contributed by atoms with van der Waals surface area (Å²) in [6.07, 6.45) is 4.41. The number of aromatic nitrogens is 3. The van der Waals surface area contributed by atoms with Crippen LogP contribution in [0.2, 0.25) is 0 Å². The number of hydrogen-bond donors (Lipinski definition) is 0. The molecule has 1 aromatic carbocycles. The second-order valence-electron chi connectivity index (χ2n) is 6.54. The molecular formula is C19H20N4O3S2. The summed E-state index contributed by atoms with van der Waals surface area (Å²) >= 11 is 1.25. The van der Waals surface area contributed by atoms with Crippen molar-refractivity contribution in [3.63, 3.8) is 0 Å². The highest BCUT2D eigenvalue weighted by Gasteiger charge is 2.26. The molecule has 0 atom stereocenters. The molecule has 9 heteroatoms. The summed E-state index contributed by atoms with van der Waals surface area (Å²) in [7, 11) is -3.30. The first-order chi connectivity index (χ1) is 13.2. The molecule has 1 amide bonds. The van der Waals surface area contributed by atoms with Crippen LogP contribution in [0.4, 0.5) is 5.69 Å². The van der Waals surface area contributed by atoms with Gasteiger partial charge in [0.1, 0.15) is 4.88 Å². The molecule has 2 heterocycles. The van der Waals surface area contributed by atoms with Crippen molar-refractivity contribution in [2.75, 3.05) is 11.2 Å². The van der Waals surface area contributed by atoms with E-state index in [4.69, 9.17) is 0 Å². The lowest BCUT2D eigenvalue weighted by Crippen LogP contribution is -2.37. The number of aryl methyl sites for hydroxylation is 1. The van der Waals surface area contributed by atoms with E-state index in [2.05, 4.69) is 15.0 Å². The molecule has 0 bridgehead atoms. The third kappa shape index (κ3) is 4.10. The van der Waals surface area contributed by atoms with E-state index in [-0.39, 0.29) is 16.8 Å². The molecule has 0 aliphatic rings. The molecule has 28 heavy (non-hydrogen) atoms. The molecule has 0 spiro atoms. The Kier molecular flexibility index (Phi) is 5.57. The third-order valence-electron chi connectivity index (χ3n) is 4.03. The number of thiazole rings is 1. The maximum atomic E-state index is 13.3. The van der Waals surface area contributed by atoms with Gasteiger partial charge in [-0.3, -0.25) is 4.79 Å². The third-order valence-corrected chi connectivity index (χ3v) is 6.30. The van der Waals surface area contributed by atoms with Crippen molar-refractivity contribution < 1.29 is 13.2 Å². The van der Waals surface area contributed by atoms with Crippen molar-refractivity contribution in [2.45, 2.75) is 31.7 Å². The molecule has 0 saturated carbocycles. The molecule has 3 rings (SSSR count). The topological polar surface area (TPSA) is 93.1 Å². The molecule has 146 valence electrons. The molecular weight excluding hydrogens is 396 g/mol. The van der Waals surface area contributed by atoms with Gasteiger partial charge in [0.2, 0.25) is 0 Å². The molecule has 2 aromatic heterocycles. The van der Waals surface area contributed by atoms with Crippen LogP contribution in [0.3, 0.4) is 0 Å². The fourth-order valence-corrected chi connectivity index (χ4v) is 4.30. The normalized spacial score (nSPS) is 11.6. The summed E-state index contributed by atoms with van der Waals surface area (Å²) in [4.78, 5) is 28.4. The van der Waals surface area contributed by atoms with E-state index in [9.17, 15) is 13.2 Å². The van der Waals surface area contributed by atoms with Crippen molar-refractivity contribution in [3.05, 3.63) is 53.3 Å². The molecule has 0 aliphatic carbocycles. The van der Waals surface area contributed by atoms with E-state index in [1.807, 2.05) is 13.8 Å². The van der Waals surface area contributed by atoms with E-state index < -0.39 is 9.84 Å². The van der Waals surface area contributed by atoms with Crippen LogP contribution in [-0.4, -0.2) is 41.6 Å². The summed E-state index contributed by atoms with van der Waals surface area (Å²) in [5.74, 6) is 0.280. The van der Waals surface area contributed by atoms with Gasteiger partial charge in [0.15, 0.2) is 20.7 Å². The number of hydrogen-bond acceptors (Lipinski definition) is 7. The van der Waals surface area contributed by atoms with E-state index in [1.54, 1.807) is 42.4 Å². The summed E-state index contributed by atoms with van der Waals surface area (Å²) in [5, 5.41) is 0.581. The quantitative estimate of drug-likeness (QED) is 0.633. The van der Waals surface area contributed by atoms with Gasteiger partial charge in [0.05, 0.1) is 10.6 Å². The Morgan fingerprint density at radius 2 is 1.71 bits per heavy atom. The highest BCUT2D eigenvalue weighted by atomic mass is 32.2. The summed E-state index contributed by atoms with van der Waals surface area (Å²) in [5.41, 5.74) is 1.23. The summed E-state index contributed by atoms with van der Waals surface area (Å²) in [6, 6.07) is 7.90. The lowest BCUT2D eigenvalue weighted by atomic mass is 10.2. The van der Waals surface area contributed by atoms with Crippen LogP contribution >= 0.6 is 11.3 Å². The minimum absolute atomic E-state index is 0.130. The molecule has 0 N–H and O–H groups in total. The van der Waals surface area contributed by atoms with Crippen molar-refractivity contribution in [3.8, 4) is 10.8 Å². The maximum Gasteiger partial charge on any atom is 0.270 e. The number of anilines is 1. The van der Waals surface area contributed by atoms with Crippen LogP contribution < -0.4 is 4.90 Å². The molecule has 0 fully saturated rings. The zero-order chi connectivity index (χ0) is 20.5. The van der Waals surface area contributed by atoms with Gasteiger partial charge in [-0.25, -0.2) is 23.4 Å². The van der Waals surface area contributed by atoms with Gasteiger partial charge in [-0.15, -0.1) is 11.3 Å². The van der Waals surface area contributed by atoms with E-state index in [0.29, 0.717) is 27.1 Å². The van der Waals surface area contributed by atoms with Crippen molar-refractivity contribution in [1.82, 2.24) is 15.0 Å². The molecule has 0 radical (unpaired) electrons. The van der Waals surface area contributed by atoms with Gasteiger partial charge >= 0.3 is 0 Å². The Hall–Kier alpha value is -2.65. The van der Waals surface area contributed by atoms with Gasteiger partial charge < -0.3 is 4.90 Å². The second kappa shape index (κ2) is 7.76. The predicted octanol–water partition coefficient (Wildman–Crippen LogP) is 3.37. The van der Waals surface area contributed by atoms with Gasteiger partial charge in [0.25, 0.3) is 5.91 Å². The maximum absolute atomic E-state index is 13.3. The van der Waals surface area contributed by atoms with Crippen molar-refractivity contribution in [1.29, 1.82) is 0 Å². The van der Waals surface area contributed by atoms with Crippen LogP contribution in [0.5, 0.6) is 0 Å². The minimum atomic E-state index is -3.30. The Morgan fingerprint density at radius 3 is 2.25 bits per heavy atom. The average Bonchev–Trinajstić information content (AvgIpc) is 3.04. The number of benzene rings is 1. The van der Waals surface area contributed by atoms with Gasteiger partial charge in [-0.1, -0.05) is 0 Å². The molecule has 7 nitrogen and oxygen atoms in total. The SMILES string of the molecule is Cc1nc(-c2ncccn2)sc1C(=O)N(c1ccc(S(C)(=O)=O)cc1)C(C)C. The van der Waals surface area contributed by atoms with Crippen LogP contribution in [-0.2, 0) is 9.84 Å². The number of amides is 1. The smallest absolute Gasteiger partial charge is 0.270 e. The lowest BCUT2D eigenvalue weighted by Gasteiger charge is -2.26. The number of carbonyl (C=O) groups is 1. The van der Waals surface area contributed by atoms with E-state index in [1.165, 1.54) is 23.5 Å². The molecule has 0 saturated heterocycles. The summed E-state index contributed by atoms with van der Waals surface area (Å²) in [6.45, 7) is 5.58. The first-order valence-electron chi connectivity index (χ1n) is 8.57. The van der Waals surface area contributed by atoms with Crippen LogP contribution in [0.25, 0.3) is 10.8 Å². The summed E-state index contributed by atoms with van der Waals surface area (Å²) < 4.78 is 23.4. The standard InChI is InChI=1S/C19H20N4O3S2/c1-12(2)23(14-6-8-15(9-7-14)28(4,25)26)19(24)16-13(3)22-18(27-16)17-20-10-5-11-21-17/h5-12H,1-4H3. The highest BCUT2D eigenvalue weighted by molar-refractivity contribution is 7.90. The van der Waals surface area contributed by atoms with Gasteiger partial charge in [0, 0.05) is 30.4 Å². The van der Waals surface area contributed by atoms with Crippen LogP contribution in [0.1, 0.15) is 29.2 Å². The first-order valence-corrected chi connectivity index (χ1v) is 11.3. The van der Waals surface area contributed by atoms with E-state index >= 15 is 0 Å². The van der Waals surface area contributed by atoms with E-state index in [0.717, 1.165) is 6.26 Å². The van der Waals surface area contributed by atoms with Crippen molar-refractivity contribution in [2.24, 2.45) is 0 Å². The number of rotatable bonds is 5. The van der Waals surface area contributed by atoms with Crippen LogP contribution in [0.15, 0.2) is 47.6 Å². The average molecular weight is 417 g/mol. The highest BCUT2D eigenvalue weighted by Crippen LogP contribution is 2.29. The molecule has 0 aliphatic heterocycles. The lowest BCUT2D eigenvalue weighted by molar-refractivity contribution is 0.0983. The predicted molar refractivity (Wildman–Crippen MR) is 109 cm³/mol. The first kappa shape index (κ1) is 20.1. The van der Waals surface area contributed by atoms with Gasteiger partial charge in [-0.2, -0.15) is 0 Å². The Morgan fingerprint density at radius 1 is 1.11 bits per heavy atom. The van der Waals surface area contributed by atoms with Crippen molar-refractivity contribution >= 4 is 32.8 Å². The molecule has 0 unspecified atom stereocenters. The number of sulfone groups is 1. The van der Waals surface area contributed by atoms with Crippen LogP contribution in [0, 0.1) is 6.92 Å². The Bertz CT molecular complexity index is 1090. The largest absolute Gasteiger partial charge is 0.305 e. The number of carbonyl (C=O) groups excluding carboxylic acids is 1.